The summed E-state index contributed by atoms with van der Waals surface area (Å²) in [5, 5.41) is 2.48. The third-order valence-corrected chi connectivity index (χ3v) is 3.25. The average molecular weight is 353 g/mol. The molecule has 2 nitrogen and oxygen atoms in total. The molecule has 0 unspecified atom stereocenters. The fourth-order valence-electron chi connectivity index (χ4n) is 1.27. The van der Waals surface area contributed by atoms with Crippen LogP contribution < -0.4 is 5.32 Å². The molecule has 17 heavy (non-hydrogen) atoms. The molecule has 0 atom stereocenters. The maximum absolute atomic E-state index is 13.2. The largest absolute Gasteiger partial charge is 0.326 e. The van der Waals surface area contributed by atoms with Crippen molar-refractivity contribution in [2.75, 3.05) is 5.32 Å². The number of benzene rings is 1. The first-order chi connectivity index (χ1) is 7.90. The van der Waals surface area contributed by atoms with Crippen molar-refractivity contribution in [3.05, 3.63) is 27.3 Å². The van der Waals surface area contributed by atoms with E-state index in [2.05, 4.69) is 5.32 Å². The predicted molar refractivity (Wildman–Crippen MR) is 71.8 cm³/mol. The minimum Gasteiger partial charge on any atom is -0.326 e. The van der Waals surface area contributed by atoms with E-state index in [1.807, 2.05) is 13.8 Å². The van der Waals surface area contributed by atoms with Crippen LogP contribution in [-0.4, -0.2) is 5.91 Å². The first kappa shape index (κ1) is 14.3. The Morgan fingerprint density at radius 2 is 1.88 bits per heavy atom. The van der Waals surface area contributed by atoms with E-state index in [-0.39, 0.29) is 15.2 Å². The van der Waals surface area contributed by atoms with Crippen LogP contribution >= 0.6 is 22.6 Å². The van der Waals surface area contributed by atoms with Crippen molar-refractivity contribution in [1.29, 1.82) is 0 Å². The number of carbonyl (C=O) groups is 1. The molecule has 1 aromatic rings. The summed E-state index contributed by atoms with van der Waals surface area (Å²) < 4.78 is 26.3. The van der Waals surface area contributed by atoms with Gasteiger partial charge in [0.25, 0.3) is 0 Å². The van der Waals surface area contributed by atoms with Crippen molar-refractivity contribution in [2.24, 2.45) is 5.92 Å². The van der Waals surface area contributed by atoms with Crippen molar-refractivity contribution >= 4 is 34.2 Å². The molecule has 0 radical (unpaired) electrons. The van der Waals surface area contributed by atoms with Gasteiger partial charge in [-0.25, -0.2) is 8.78 Å². The second kappa shape index (κ2) is 6.28. The zero-order valence-electron chi connectivity index (χ0n) is 9.69. The van der Waals surface area contributed by atoms with E-state index >= 15 is 0 Å². The van der Waals surface area contributed by atoms with Crippen LogP contribution in [0, 0.1) is 21.1 Å². The number of halogens is 3. The standard InChI is InChI=1S/C12H14F2INO/c1-7(2)3-4-11(17)16-8-5-9(13)12(15)10(14)6-8/h5-7H,3-4H2,1-2H3,(H,16,17). The molecule has 1 aromatic carbocycles. The second-order valence-corrected chi connectivity index (χ2v) is 5.31. The van der Waals surface area contributed by atoms with E-state index in [1.54, 1.807) is 22.6 Å². The molecule has 0 bridgehead atoms. The van der Waals surface area contributed by atoms with Crippen LogP contribution in [0.1, 0.15) is 26.7 Å². The molecular formula is C12H14F2INO. The van der Waals surface area contributed by atoms with Crippen LogP contribution in [0.15, 0.2) is 12.1 Å². The summed E-state index contributed by atoms with van der Waals surface area (Å²) in [5.74, 6) is -1.13. The number of rotatable bonds is 4. The summed E-state index contributed by atoms with van der Waals surface area (Å²) >= 11 is 1.58. The fourth-order valence-corrected chi connectivity index (χ4v) is 1.58. The Bertz CT molecular complexity index is 398. The Morgan fingerprint density at radius 3 is 2.35 bits per heavy atom. The summed E-state index contributed by atoms with van der Waals surface area (Å²) in [4.78, 5) is 11.5. The highest BCUT2D eigenvalue weighted by Crippen LogP contribution is 2.20. The third-order valence-electron chi connectivity index (χ3n) is 2.22. The van der Waals surface area contributed by atoms with Crippen molar-refractivity contribution < 1.29 is 13.6 Å². The quantitative estimate of drug-likeness (QED) is 0.645. The number of amides is 1. The van der Waals surface area contributed by atoms with Gasteiger partial charge in [-0.1, -0.05) is 13.8 Å². The van der Waals surface area contributed by atoms with Crippen LogP contribution in [0.5, 0.6) is 0 Å². The molecule has 0 heterocycles. The van der Waals surface area contributed by atoms with E-state index < -0.39 is 11.6 Å². The minimum atomic E-state index is -0.662. The molecule has 0 spiro atoms. The molecule has 0 aromatic heterocycles. The number of hydrogen-bond donors (Lipinski definition) is 1. The van der Waals surface area contributed by atoms with E-state index in [0.29, 0.717) is 12.3 Å². The van der Waals surface area contributed by atoms with Crippen LogP contribution in [-0.2, 0) is 4.79 Å². The van der Waals surface area contributed by atoms with Gasteiger partial charge in [0.05, 0.1) is 3.57 Å². The highest BCUT2D eigenvalue weighted by molar-refractivity contribution is 14.1. The SMILES string of the molecule is CC(C)CCC(=O)Nc1cc(F)c(I)c(F)c1. The first-order valence-corrected chi connectivity index (χ1v) is 6.42. The van der Waals surface area contributed by atoms with Gasteiger partial charge in [-0.15, -0.1) is 0 Å². The molecule has 1 N–H and O–H groups in total. The average Bonchev–Trinajstić information content (AvgIpc) is 2.23. The number of carbonyl (C=O) groups excluding carboxylic acids is 1. The summed E-state index contributed by atoms with van der Waals surface area (Å²) in [7, 11) is 0. The van der Waals surface area contributed by atoms with Crippen LogP contribution in [0.2, 0.25) is 0 Å². The topological polar surface area (TPSA) is 29.1 Å². The second-order valence-electron chi connectivity index (χ2n) is 4.23. The minimum absolute atomic E-state index is 0.0669. The number of anilines is 1. The van der Waals surface area contributed by atoms with Gasteiger partial charge in [-0.3, -0.25) is 4.79 Å². The van der Waals surface area contributed by atoms with Crippen LogP contribution in [0.25, 0.3) is 0 Å². The van der Waals surface area contributed by atoms with Crippen molar-refractivity contribution in [1.82, 2.24) is 0 Å². The van der Waals surface area contributed by atoms with Gasteiger partial charge in [0.1, 0.15) is 11.6 Å². The van der Waals surface area contributed by atoms with Crippen LogP contribution in [0.4, 0.5) is 14.5 Å². The Labute approximate surface area is 113 Å². The van der Waals surface area contributed by atoms with E-state index in [0.717, 1.165) is 18.6 Å². The predicted octanol–water partition coefficient (Wildman–Crippen LogP) is 3.94. The molecule has 0 fully saturated rings. The highest BCUT2D eigenvalue weighted by Gasteiger charge is 2.10. The van der Waals surface area contributed by atoms with Gasteiger partial charge in [-0.05, 0) is 47.1 Å². The molecule has 0 aliphatic rings. The van der Waals surface area contributed by atoms with Crippen molar-refractivity contribution in [3.63, 3.8) is 0 Å². The van der Waals surface area contributed by atoms with E-state index in [1.165, 1.54) is 0 Å². The van der Waals surface area contributed by atoms with Gasteiger partial charge in [0.15, 0.2) is 0 Å². The Morgan fingerprint density at radius 1 is 1.35 bits per heavy atom. The summed E-state index contributed by atoms with van der Waals surface area (Å²) in [5.41, 5.74) is 0.161. The molecule has 0 aliphatic heterocycles. The monoisotopic (exact) mass is 353 g/mol. The van der Waals surface area contributed by atoms with Gasteiger partial charge < -0.3 is 5.32 Å². The van der Waals surface area contributed by atoms with Gasteiger partial charge >= 0.3 is 0 Å². The smallest absolute Gasteiger partial charge is 0.224 e. The van der Waals surface area contributed by atoms with E-state index in [9.17, 15) is 13.6 Å². The Kier molecular flexibility index (Phi) is 5.30. The zero-order chi connectivity index (χ0) is 13.0. The summed E-state index contributed by atoms with van der Waals surface area (Å²) in [6, 6.07) is 2.25. The van der Waals surface area contributed by atoms with Gasteiger partial charge in [0.2, 0.25) is 5.91 Å². The molecule has 0 saturated carbocycles. The molecule has 1 amide bonds. The lowest BCUT2D eigenvalue weighted by atomic mass is 10.1. The lowest BCUT2D eigenvalue weighted by Crippen LogP contribution is -2.12. The lowest BCUT2D eigenvalue weighted by molar-refractivity contribution is -0.116. The Hall–Kier alpha value is -0.720. The summed E-state index contributed by atoms with van der Waals surface area (Å²) in [6.07, 6.45) is 1.11. The Balaban J connectivity index is 2.66. The molecular weight excluding hydrogens is 339 g/mol. The van der Waals surface area contributed by atoms with Gasteiger partial charge in [0, 0.05) is 12.1 Å². The fraction of sp³-hybridized carbons (Fsp3) is 0.417. The van der Waals surface area contributed by atoms with Crippen molar-refractivity contribution in [2.45, 2.75) is 26.7 Å². The highest BCUT2D eigenvalue weighted by atomic mass is 127. The van der Waals surface area contributed by atoms with E-state index in [4.69, 9.17) is 0 Å². The molecule has 0 aliphatic carbocycles. The molecule has 0 saturated heterocycles. The molecule has 1 rings (SSSR count). The third kappa shape index (κ3) is 4.57. The van der Waals surface area contributed by atoms with Crippen LogP contribution in [0.3, 0.4) is 0 Å². The van der Waals surface area contributed by atoms with Gasteiger partial charge in [-0.2, -0.15) is 0 Å². The molecule has 94 valence electrons. The maximum atomic E-state index is 13.2. The van der Waals surface area contributed by atoms with Crippen molar-refractivity contribution in [3.8, 4) is 0 Å². The lowest BCUT2D eigenvalue weighted by Gasteiger charge is -2.08. The first-order valence-electron chi connectivity index (χ1n) is 5.34. The maximum Gasteiger partial charge on any atom is 0.224 e. The molecule has 5 heteroatoms. The summed E-state index contributed by atoms with van der Waals surface area (Å²) in [6.45, 7) is 4.02. The zero-order valence-corrected chi connectivity index (χ0v) is 11.8. The normalized spacial score (nSPS) is 10.7. The number of nitrogens with one attached hydrogen (secondary N) is 1. The number of hydrogen-bond acceptors (Lipinski definition) is 1.